The van der Waals surface area contributed by atoms with Gasteiger partial charge in [-0.05, 0) is 52.4 Å². The third-order valence-electron chi connectivity index (χ3n) is 5.60. The van der Waals surface area contributed by atoms with Crippen molar-refractivity contribution in [1.82, 2.24) is 4.90 Å². The molecule has 0 aromatic heterocycles. The summed E-state index contributed by atoms with van der Waals surface area (Å²) in [6.45, 7) is 8.28. The molecule has 0 fully saturated rings. The highest BCUT2D eigenvalue weighted by molar-refractivity contribution is 5.97. The summed E-state index contributed by atoms with van der Waals surface area (Å²) in [4.78, 5) is 13.8. The second kappa shape index (κ2) is 15.3. The summed E-state index contributed by atoms with van der Waals surface area (Å²) in [6, 6.07) is 3.41. The van der Waals surface area contributed by atoms with E-state index in [2.05, 4.69) is 18.9 Å². The SMILES string of the molecule is CCCCCCCCCCCCN(C)CCCOc1ccc(C(C)=O)c(O)c1C. The van der Waals surface area contributed by atoms with Crippen LogP contribution in [-0.4, -0.2) is 42.5 Å². The first-order valence-electron chi connectivity index (χ1n) is 11.6. The van der Waals surface area contributed by atoms with Crippen molar-refractivity contribution in [2.45, 2.75) is 91.4 Å². The van der Waals surface area contributed by atoms with Crippen molar-refractivity contribution in [2.24, 2.45) is 0 Å². The molecule has 0 radical (unpaired) electrons. The standard InChI is InChI=1S/C25H43NO3/c1-5-6-7-8-9-10-11-12-13-14-18-26(4)19-15-20-29-24-17-16-23(22(3)27)25(28)21(24)2/h16-17,28H,5-15,18-20H2,1-4H3. The fraction of sp³-hybridized carbons (Fsp3) is 0.720. The van der Waals surface area contributed by atoms with Gasteiger partial charge in [0.25, 0.3) is 0 Å². The lowest BCUT2D eigenvalue weighted by Crippen LogP contribution is -2.22. The lowest BCUT2D eigenvalue weighted by atomic mass is 10.1. The van der Waals surface area contributed by atoms with Crippen molar-refractivity contribution in [3.63, 3.8) is 0 Å². The van der Waals surface area contributed by atoms with Gasteiger partial charge in [0.15, 0.2) is 5.78 Å². The maximum Gasteiger partial charge on any atom is 0.163 e. The molecule has 0 spiro atoms. The van der Waals surface area contributed by atoms with Gasteiger partial charge in [0, 0.05) is 12.1 Å². The number of rotatable bonds is 17. The van der Waals surface area contributed by atoms with E-state index < -0.39 is 0 Å². The van der Waals surface area contributed by atoms with Crippen molar-refractivity contribution in [1.29, 1.82) is 0 Å². The Morgan fingerprint density at radius 3 is 2.07 bits per heavy atom. The molecule has 0 atom stereocenters. The molecule has 0 aliphatic carbocycles. The van der Waals surface area contributed by atoms with Crippen LogP contribution in [0, 0.1) is 6.92 Å². The van der Waals surface area contributed by atoms with Crippen molar-refractivity contribution < 1.29 is 14.6 Å². The molecule has 166 valence electrons. The van der Waals surface area contributed by atoms with Gasteiger partial charge in [0.1, 0.15) is 11.5 Å². The summed E-state index contributed by atoms with van der Waals surface area (Å²) in [6.07, 6.45) is 14.7. The maximum absolute atomic E-state index is 11.5. The number of benzene rings is 1. The molecule has 0 amide bonds. The fourth-order valence-corrected chi connectivity index (χ4v) is 3.62. The van der Waals surface area contributed by atoms with Crippen LogP contribution in [-0.2, 0) is 0 Å². The molecule has 1 rings (SSSR count). The lowest BCUT2D eigenvalue weighted by molar-refractivity contribution is 0.101. The number of phenols is 1. The molecule has 0 saturated carbocycles. The molecule has 4 nitrogen and oxygen atoms in total. The Kier molecular flexibility index (Phi) is 13.5. The van der Waals surface area contributed by atoms with E-state index in [1.165, 1.54) is 71.1 Å². The first-order valence-corrected chi connectivity index (χ1v) is 11.6. The largest absolute Gasteiger partial charge is 0.507 e. The van der Waals surface area contributed by atoms with Crippen molar-refractivity contribution in [2.75, 3.05) is 26.7 Å². The highest BCUT2D eigenvalue weighted by Crippen LogP contribution is 2.30. The molecule has 0 aliphatic heterocycles. The number of aromatic hydroxyl groups is 1. The molecule has 0 saturated heterocycles. The maximum atomic E-state index is 11.5. The van der Waals surface area contributed by atoms with Gasteiger partial charge < -0.3 is 14.7 Å². The summed E-state index contributed by atoms with van der Waals surface area (Å²) in [5, 5.41) is 10.1. The van der Waals surface area contributed by atoms with Gasteiger partial charge in [-0.15, -0.1) is 0 Å². The number of nitrogens with zero attached hydrogens (tertiary/aromatic N) is 1. The molecule has 4 heteroatoms. The monoisotopic (exact) mass is 405 g/mol. The minimum Gasteiger partial charge on any atom is -0.507 e. The number of carbonyl (C=O) groups is 1. The van der Waals surface area contributed by atoms with Crippen LogP contribution in [0.5, 0.6) is 11.5 Å². The van der Waals surface area contributed by atoms with Gasteiger partial charge in [-0.25, -0.2) is 0 Å². The van der Waals surface area contributed by atoms with Crippen LogP contribution in [0.1, 0.15) is 100 Å². The quantitative estimate of drug-likeness (QED) is 0.237. The van der Waals surface area contributed by atoms with Crippen LogP contribution in [0.4, 0.5) is 0 Å². The summed E-state index contributed by atoms with van der Waals surface area (Å²) < 4.78 is 5.81. The highest BCUT2D eigenvalue weighted by atomic mass is 16.5. The van der Waals surface area contributed by atoms with Crippen LogP contribution in [0.3, 0.4) is 0 Å². The van der Waals surface area contributed by atoms with Crippen LogP contribution in [0.2, 0.25) is 0 Å². The van der Waals surface area contributed by atoms with E-state index in [9.17, 15) is 9.90 Å². The van der Waals surface area contributed by atoms with E-state index in [0.717, 1.165) is 19.5 Å². The minimum atomic E-state index is -0.134. The number of hydrogen-bond acceptors (Lipinski definition) is 4. The predicted octanol–water partition coefficient (Wildman–Crippen LogP) is 6.52. The van der Waals surface area contributed by atoms with E-state index in [4.69, 9.17) is 4.74 Å². The van der Waals surface area contributed by atoms with Crippen molar-refractivity contribution >= 4 is 5.78 Å². The first-order chi connectivity index (χ1) is 14.0. The number of unbranched alkanes of at least 4 members (excludes halogenated alkanes) is 9. The summed E-state index contributed by atoms with van der Waals surface area (Å²) >= 11 is 0. The normalized spacial score (nSPS) is 11.2. The molecule has 1 aromatic carbocycles. The number of Topliss-reactive ketones (excluding diaryl/α,β-unsaturated/α-hetero) is 1. The number of hydrogen-bond donors (Lipinski definition) is 1. The number of carbonyl (C=O) groups excluding carboxylic acids is 1. The van der Waals surface area contributed by atoms with E-state index in [1.807, 2.05) is 0 Å². The Bertz CT molecular complexity index is 586. The van der Waals surface area contributed by atoms with Crippen molar-refractivity contribution in [3.05, 3.63) is 23.3 Å². The molecule has 29 heavy (non-hydrogen) atoms. The average Bonchev–Trinajstić information content (AvgIpc) is 2.69. The van der Waals surface area contributed by atoms with Gasteiger partial charge in [0.2, 0.25) is 0 Å². The molecular weight excluding hydrogens is 362 g/mol. The van der Waals surface area contributed by atoms with E-state index in [0.29, 0.717) is 23.5 Å². The van der Waals surface area contributed by atoms with Gasteiger partial charge in [0.05, 0.1) is 12.2 Å². The number of phenolic OH excluding ortho intramolecular Hbond substituents is 1. The zero-order chi connectivity index (χ0) is 21.5. The zero-order valence-corrected chi connectivity index (χ0v) is 19.3. The smallest absolute Gasteiger partial charge is 0.163 e. The van der Waals surface area contributed by atoms with Crippen LogP contribution in [0.25, 0.3) is 0 Å². The predicted molar refractivity (Wildman–Crippen MR) is 122 cm³/mol. The Balaban J connectivity index is 2.06. The second-order valence-corrected chi connectivity index (χ2v) is 8.33. The highest BCUT2D eigenvalue weighted by Gasteiger charge is 2.12. The molecule has 0 heterocycles. The third kappa shape index (κ3) is 10.7. The Hall–Kier alpha value is -1.55. The second-order valence-electron chi connectivity index (χ2n) is 8.33. The van der Waals surface area contributed by atoms with E-state index >= 15 is 0 Å². The molecule has 1 aromatic rings. The Morgan fingerprint density at radius 2 is 1.48 bits per heavy atom. The third-order valence-corrected chi connectivity index (χ3v) is 5.60. The molecule has 0 unspecified atom stereocenters. The van der Waals surface area contributed by atoms with Crippen LogP contribution in [0.15, 0.2) is 12.1 Å². The average molecular weight is 406 g/mol. The first kappa shape index (κ1) is 25.5. The summed E-state index contributed by atoms with van der Waals surface area (Å²) in [5.74, 6) is 0.559. The van der Waals surface area contributed by atoms with Gasteiger partial charge in [-0.2, -0.15) is 0 Å². The fourth-order valence-electron chi connectivity index (χ4n) is 3.62. The van der Waals surface area contributed by atoms with Crippen LogP contribution >= 0.6 is 0 Å². The molecular formula is C25H43NO3. The van der Waals surface area contributed by atoms with Crippen LogP contribution < -0.4 is 4.74 Å². The summed E-state index contributed by atoms with van der Waals surface area (Å²) in [7, 11) is 2.17. The molecule has 0 aliphatic rings. The summed E-state index contributed by atoms with van der Waals surface area (Å²) in [5.41, 5.74) is 0.988. The van der Waals surface area contributed by atoms with Gasteiger partial charge >= 0.3 is 0 Å². The van der Waals surface area contributed by atoms with Gasteiger partial charge in [-0.1, -0.05) is 64.7 Å². The van der Waals surface area contributed by atoms with Crippen molar-refractivity contribution in [3.8, 4) is 11.5 Å². The van der Waals surface area contributed by atoms with E-state index in [-0.39, 0.29) is 11.5 Å². The molecule has 1 N–H and O–H groups in total. The molecule has 0 bridgehead atoms. The number of ether oxygens (including phenoxy) is 1. The zero-order valence-electron chi connectivity index (χ0n) is 19.3. The minimum absolute atomic E-state index is 0.0353. The lowest BCUT2D eigenvalue weighted by Gasteiger charge is -2.17. The Labute approximate surface area is 178 Å². The van der Waals surface area contributed by atoms with Gasteiger partial charge in [-0.3, -0.25) is 4.79 Å². The number of ketones is 1. The topological polar surface area (TPSA) is 49.8 Å². The Morgan fingerprint density at radius 1 is 0.931 bits per heavy atom. The van der Waals surface area contributed by atoms with E-state index in [1.54, 1.807) is 19.1 Å².